The Morgan fingerprint density at radius 2 is 1.53 bits per heavy atom. The average Bonchev–Trinajstić information content (AvgIpc) is 3.05. The van der Waals surface area contributed by atoms with E-state index in [0.29, 0.717) is 43.7 Å². The summed E-state index contributed by atoms with van der Waals surface area (Å²) in [5.41, 5.74) is 1.00. The molecule has 0 aliphatic rings. The third-order valence-electron chi connectivity index (χ3n) is 7.58. The number of benzene rings is 2. The fraction of sp³-hybridized carbons (Fsp3) is 0.543. The van der Waals surface area contributed by atoms with Crippen LogP contribution in [0.25, 0.3) is 0 Å². The van der Waals surface area contributed by atoms with Crippen LogP contribution in [-0.2, 0) is 27.5 Å². The summed E-state index contributed by atoms with van der Waals surface area (Å²) in [4.78, 5) is 64.9. The zero-order valence-corrected chi connectivity index (χ0v) is 29.4. The Hall–Kier alpha value is -4.72. The molecule has 0 heterocycles. The maximum Gasteiger partial charge on any atom is 0.514 e. The van der Waals surface area contributed by atoms with Gasteiger partial charge in [0, 0.05) is 70.8 Å². The van der Waals surface area contributed by atoms with Gasteiger partial charge >= 0.3 is 12.2 Å². The molecule has 0 unspecified atom stereocenters. The third-order valence-corrected chi connectivity index (χ3v) is 7.58. The van der Waals surface area contributed by atoms with Crippen molar-refractivity contribution in [3.63, 3.8) is 0 Å². The number of hydrogen-bond acceptors (Lipinski definition) is 10. The first-order chi connectivity index (χ1) is 23.4. The summed E-state index contributed by atoms with van der Waals surface area (Å²) in [5.74, 6) is 0.346. The van der Waals surface area contributed by atoms with E-state index >= 15 is 0 Å². The first kappa shape index (κ1) is 40.5. The largest absolute Gasteiger partial charge is 0.514 e. The lowest BCUT2D eigenvalue weighted by atomic mass is 10.1. The molecule has 0 atom stereocenters. The second-order valence-electron chi connectivity index (χ2n) is 12.1. The molecular weight excluding hydrogens is 634 g/mol. The minimum absolute atomic E-state index is 0.0879. The molecule has 14 nitrogen and oxygen atoms in total. The lowest BCUT2D eigenvalue weighted by molar-refractivity contribution is -0.384. The van der Waals surface area contributed by atoms with Crippen molar-refractivity contribution in [3.05, 3.63) is 63.7 Å². The van der Waals surface area contributed by atoms with Gasteiger partial charge in [-0.15, -0.1) is 0 Å². The van der Waals surface area contributed by atoms with E-state index in [1.807, 2.05) is 25.9 Å². The van der Waals surface area contributed by atoms with Crippen LogP contribution < -0.4 is 14.8 Å². The molecule has 0 fully saturated rings. The highest BCUT2D eigenvalue weighted by Gasteiger charge is 2.19. The minimum atomic E-state index is -1.000. The van der Waals surface area contributed by atoms with Gasteiger partial charge in [-0.1, -0.05) is 38.7 Å². The predicted molar refractivity (Wildman–Crippen MR) is 184 cm³/mol. The number of nitrogens with one attached hydrogen (secondary N) is 1. The number of carbonyl (C=O) groups excluding carboxylic acids is 4. The molecule has 0 saturated carbocycles. The number of nitro groups is 1. The predicted octanol–water partition coefficient (Wildman–Crippen LogP) is 5.91. The van der Waals surface area contributed by atoms with Crippen LogP contribution in [0.2, 0.25) is 0 Å². The van der Waals surface area contributed by atoms with E-state index in [0.717, 1.165) is 44.9 Å². The summed E-state index contributed by atoms with van der Waals surface area (Å²) in [6, 6.07) is 10.00. The van der Waals surface area contributed by atoms with Gasteiger partial charge in [0.15, 0.2) is 0 Å². The molecule has 0 spiro atoms. The number of amides is 3. The van der Waals surface area contributed by atoms with Crippen molar-refractivity contribution in [1.29, 1.82) is 0 Å². The maximum absolute atomic E-state index is 12.9. The van der Waals surface area contributed by atoms with E-state index in [-0.39, 0.29) is 42.2 Å². The number of hydrogen-bond donors (Lipinski definition) is 1. The molecule has 0 saturated heterocycles. The summed E-state index contributed by atoms with van der Waals surface area (Å²) in [6.45, 7) is 5.80. The normalized spacial score (nSPS) is 10.7. The Morgan fingerprint density at radius 1 is 0.857 bits per heavy atom. The summed E-state index contributed by atoms with van der Waals surface area (Å²) < 4.78 is 16.1. The van der Waals surface area contributed by atoms with E-state index in [9.17, 15) is 29.3 Å². The molecule has 2 aromatic carbocycles. The van der Waals surface area contributed by atoms with Gasteiger partial charge in [0.05, 0.1) is 4.92 Å². The zero-order chi connectivity index (χ0) is 36.2. The van der Waals surface area contributed by atoms with Crippen LogP contribution in [0.15, 0.2) is 42.5 Å². The Balaban J connectivity index is 2.03. The van der Waals surface area contributed by atoms with Crippen LogP contribution in [0, 0.1) is 10.1 Å². The van der Waals surface area contributed by atoms with Crippen molar-refractivity contribution in [3.8, 4) is 11.5 Å². The zero-order valence-electron chi connectivity index (χ0n) is 29.4. The number of non-ortho nitro benzene ring substituents is 1. The Labute approximate surface area is 288 Å². The molecule has 2 rings (SSSR count). The van der Waals surface area contributed by atoms with Crippen molar-refractivity contribution in [2.45, 2.75) is 78.4 Å². The van der Waals surface area contributed by atoms with Crippen LogP contribution in [0.4, 0.5) is 15.3 Å². The van der Waals surface area contributed by atoms with Crippen molar-refractivity contribution in [1.82, 2.24) is 20.0 Å². The van der Waals surface area contributed by atoms with Crippen LogP contribution in [-0.4, -0.2) is 91.0 Å². The number of carbonyl (C=O) groups is 4. The number of likely N-dealkylation sites (N-methyl/N-ethyl adjacent to an activating group) is 2. The van der Waals surface area contributed by atoms with E-state index in [4.69, 9.17) is 14.2 Å². The fourth-order valence-corrected chi connectivity index (χ4v) is 4.69. The van der Waals surface area contributed by atoms with Crippen molar-refractivity contribution < 1.29 is 38.3 Å². The van der Waals surface area contributed by atoms with Gasteiger partial charge in [-0.05, 0) is 63.2 Å². The molecule has 2 aromatic rings. The van der Waals surface area contributed by atoms with Gasteiger partial charge in [-0.3, -0.25) is 19.7 Å². The first-order valence-electron chi connectivity index (χ1n) is 16.7. The quantitative estimate of drug-likeness (QED) is 0.0550. The summed E-state index contributed by atoms with van der Waals surface area (Å²) in [7, 11) is 5.47. The molecule has 0 aliphatic heterocycles. The second-order valence-corrected chi connectivity index (χ2v) is 12.1. The van der Waals surface area contributed by atoms with Crippen LogP contribution in [0.3, 0.4) is 0 Å². The van der Waals surface area contributed by atoms with Gasteiger partial charge in [0.2, 0.25) is 11.8 Å². The molecule has 0 aliphatic carbocycles. The number of unbranched alkanes of at least 4 members (excludes halogenated alkanes) is 5. The maximum atomic E-state index is 12.9. The number of nitro benzene ring substituents is 1. The van der Waals surface area contributed by atoms with E-state index in [1.54, 1.807) is 30.1 Å². The summed E-state index contributed by atoms with van der Waals surface area (Å²) in [5, 5.41) is 13.8. The monoisotopic (exact) mass is 685 g/mol. The van der Waals surface area contributed by atoms with Crippen molar-refractivity contribution in [2.24, 2.45) is 0 Å². The van der Waals surface area contributed by atoms with Crippen molar-refractivity contribution in [2.75, 3.05) is 47.3 Å². The van der Waals surface area contributed by atoms with Crippen LogP contribution >= 0.6 is 0 Å². The minimum Gasteiger partial charge on any atom is -0.429 e. The summed E-state index contributed by atoms with van der Waals surface area (Å²) in [6.07, 6.45) is 5.61. The molecular formula is C35H51N5O9. The lowest BCUT2D eigenvalue weighted by Crippen LogP contribution is -2.35. The smallest absolute Gasteiger partial charge is 0.429 e. The average molecular weight is 686 g/mol. The molecule has 49 heavy (non-hydrogen) atoms. The molecule has 0 radical (unpaired) electrons. The van der Waals surface area contributed by atoms with Gasteiger partial charge < -0.3 is 34.2 Å². The van der Waals surface area contributed by atoms with Gasteiger partial charge in [-0.25, -0.2) is 9.59 Å². The second kappa shape index (κ2) is 22.0. The highest BCUT2D eigenvalue weighted by atomic mass is 16.7. The highest BCUT2D eigenvalue weighted by Crippen LogP contribution is 2.25. The lowest BCUT2D eigenvalue weighted by Gasteiger charge is -2.24. The molecule has 270 valence electrons. The Bertz CT molecular complexity index is 1370. The SMILES string of the molecule is CCCC(=O)NCCCCCCCCN(Cc1cc(COC(=O)Oc2ccc([N+](=O)[O-])cc2)ccc1OC(=O)N(C)CCN(C)C)C(C)=O. The molecule has 3 amide bonds. The van der Waals surface area contributed by atoms with Crippen molar-refractivity contribution >= 4 is 29.8 Å². The summed E-state index contributed by atoms with van der Waals surface area (Å²) >= 11 is 0. The van der Waals surface area contributed by atoms with E-state index in [2.05, 4.69) is 5.32 Å². The van der Waals surface area contributed by atoms with E-state index < -0.39 is 17.2 Å². The molecule has 14 heteroatoms. The number of rotatable bonds is 21. The molecule has 0 bridgehead atoms. The molecule has 0 aromatic heterocycles. The highest BCUT2D eigenvalue weighted by molar-refractivity contribution is 5.75. The number of nitrogens with zero attached hydrogens (tertiary/aromatic N) is 4. The standard InChI is InChI=1S/C35H51N5O9/c1-6-13-33(42)36-20-11-9-7-8-10-12-21-39(27(2)41)25-29-24-28(14-19-32(29)49-34(43)38(5)23-22-37(3)4)26-47-35(44)48-31-17-15-30(16-18-31)40(45)46/h14-19,24H,6-13,20-23,25-26H2,1-5H3,(H,36,42). The molecule has 1 N–H and O–H groups in total. The van der Waals surface area contributed by atoms with Gasteiger partial charge in [0.1, 0.15) is 18.1 Å². The van der Waals surface area contributed by atoms with Crippen LogP contribution in [0.1, 0.15) is 76.3 Å². The first-order valence-corrected chi connectivity index (χ1v) is 16.7. The number of ether oxygens (including phenoxy) is 3. The Kier molecular flexibility index (Phi) is 18.2. The fourth-order valence-electron chi connectivity index (χ4n) is 4.69. The third kappa shape index (κ3) is 16.3. The van der Waals surface area contributed by atoms with Gasteiger partial charge in [-0.2, -0.15) is 0 Å². The topological polar surface area (TPSA) is 161 Å². The van der Waals surface area contributed by atoms with E-state index in [1.165, 1.54) is 36.1 Å². The van der Waals surface area contributed by atoms with Crippen LogP contribution in [0.5, 0.6) is 11.5 Å². The Morgan fingerprint density at radius 3 is 2.16 bits per heavy atom. The van der Waals surface area contributed by atoms with Gasteiger partial charge in [0.25, 0.3) is 5.69 Å².